The van der Waals surface area contributed by atoms with Crippen molar-refractivity contribution in [2.24, 2.45) is 35.5 Å². The molecule has 0 aromatic carbocycles. The maximum Gasteiger partial charge on any atom is 0.192 e. The third-order valence-electron chi connectivity index (χ3n) is 11.7. The molecule has 0 aromatic rings. The molecule has 0 spiro atoms. The van der Waals surface area contributed by atoms with E-state index < -0.39 is 28.8 Å². The number of halogens is 1. The summed E-state index contributed by atoms with van der Waals surface area (Å²) < 4.78 is 16.2. The highest BCUT2D eigenvalue weighted by Crippen LogP contribution is 2.42. The van der Waals surface area contributed by atoms with Gasteiger partial charge in [0, 0.05) is 30.6 Å². The SMILES string of the molecule is C=C/C=C\[C@H](C)[C@H](O)[C@@H](C)[C@H](O[Si](C)(C)C(C)(C)C)[C@@H](C)C/C(C)=C\[C@H](C)[C@@H](O[Si](C)(C)C(C)(C)C)[C@@H](C)CCC(=O)C[C@H](O)[C@H](C)/C=C/I. The zero-order valence-corrected chi connectivity index (χ0v) is 39.4. The largest absolute Gasteiger partial charge is 0.413 e. The summed E-state index contributed by atoms with van der Waals surface area (Å²) in [6.07, 6.45) is 10.9. The molecule has 0 aromatic heterocycles. The van der Waals surface area contributed by atoms with Crippen LogP contribution in [0.2, 0.25) is 36.3 Å². The van der Waals surface area contributed by atoms with E-state index >= 15 is 0 Å². The second-order valence-corrected chi connectivity index (χ2v) is 28.8. The van der Waals surface area contributed by atoms with E-state index in [1.807, 2.05) is 29.2 Å². The van der Waals surface area contributed by atoms with Crippen molar-refractivity contribution in [1.29, 1.82) is 0 Å². The van der Waals surface area contributed by atoms with Gasteiger partial charge in [0.25, 0.3) is 0 Å². The molecule has 292 valence electrons. The average molecular weight is 847 g/mol. The summed E-state index contributed by atoms with van der Waals surface area (Å²) in [6.45, 7) is 41.8. The van der Waals surface area contributed by atoms with Gasteiger partial charge in [-0.15, -0.1) is 0 Å². The molecule has 0 heterocycles. The summed E-state index contributed by atoms with van der Waals surface area (Å²) in [5.41, 5.74) is 1.29. The van der Waals surface area contributed by atoms with Crippen LogP contribution in [0.25, 0.3) is 0 Å². The lowest BCUT2D eigenvalue weighted by atomic mass is 9.81. The number of carbonyl (C=O) groups excluding carboxylic acids is 1. The summed E-state index contributed by atoms with van der Waals surface area (Å²) in [4.78, 5) is 13.0. The molecule has 0 fully saturated rings. The third kappa shape index (κ3) is 16.3. The fourth-order valence-corrected chi connectivity index (χ4v) is 9.73. The Balaban J connectivity index is 6.34. The van der Waals surface area contributed by atoms with Crippen LogP contribution in [0.4, 0.5) is 0 Å². The number of Topliss-reactive ketones (excluding diaryl/α,β-unsaturated/α-hetero) is 1. The van der Waals surface area contributed by atoms with Crippen LogP contribution in [-0.4, -0.2) is 57.0 Å². The third-order valence-corrected chi connectivity index (χ3v) is 21.1. The minimum atomic E-state index is -2.13. The van der Waals surface area contributed by atoms with Crippen molar-refractivity contribution >= 4 is 45.0 Å². The zero-order chi connectivity index (χ0) is 39.4. The number of aliphatic hydroxyl groups is 2. The van der Waals surface area contributed by atoms with Gasteiger partial charge in [0.15, 0.2) is 16.6 Å². The Morgan fingerprint density at radius 2 is 1.28 bits per heavy atom. The van der Waals surface area contributed by atoms with Gasteiger partial charge in [0.1, 0.15) is 5.78 Å². The highest BCUT2D eigenvalue weighted by atomic mass is 127. The van der Waals surface area contributed by atoms with Gasteiger partial charge in [-0.3, -0.25) is 4.79 Å². The Morgan fingerprint density at radius 3 is 1.74 bits per heavy atom. The van der Waals surface area contributed by atoms with Crippen LogP contribution in [0.1, 0.15) is 116 Å². The number of hydrogen-bond acceptors (Lipinski definition) is 5. The fraction of sp³-hybridized carbons (Fsp3) is 0.786. The topological polar surface area (TPSA) is 76.0 Å². The lowest BCUT2D eigenvalue weighted by Gasteiger charge is -2.44. The summed E-state index contributed by atoms with van der Waals surface area (Å²) in [6, 6.07) is 0. The standard InChI is InChI=1S/C42H79IO5Si2/c1-19-20-21-31(4)38(46)35(8)40(48-50(17,18)42(12,13)14)34(7)27-29(2)26-33(6)39(47-49(15,16)41(9,10)11)32(5)22-23-36(44)28-37(45)30(3)24-25-43/h19-21,24-26,30-35,37-40,45-46H,1,22-23,27-28H2,2-18H3/b21-20-,25-24+,29-26-/t30-,31+,32+,33+,34+,35-,37+,38+,39+,40-/m1/s1. The first-order valence-corrected chi connectivity index (χ1v) is 26.2. The molecule has 0 saturated carbocycles. The molecule has 8 heteroatoms. The van der Waals surface area contributed by atoms with Gasteiger partial charge in [-0.2, -0.15) is 0 Å². The van der Waals surface area contributed by atoms with E-state index in [0.717, 1.165) is 12.8 Å². The first-order valence-electron chi connectivity index (χ1n) is 19.1. The maximum atomic E-state index is 13.0. The molecule has 0 rings (SSSR count). The van der Waals surface area contributed by atoms with Gasteiger partial charge >= 0.3 is 0 Å². The van der Waals surface area contributed by atoms with E-state index in [2.05, 4.69) is 145 Å². The van der Waals surface area contributed by atoms with Crippen LogP contribution >= 0.6 is 22.6 Å². The Hall–Kier alpha value is -0.366. The summed E-state index contributed by atoms with van der Waals surface area (Å²) >= 11 is 2.15. The predicted octanol–water partition coefficient (Wildman–Crippen LogP) is 12.1. The molecular formula is C42H79IO5Si2. The molecule has 0 aliphatic rings. The summed E-state index contributed by atoms with van der Waals surface area (Å²) in [5.74, 6) is 0.498. The number of allylic oxidation sites excluding steroid dienone is 3. The van der Waals surface area contributed by atoms with Crippen molar-refractivity contribution in [3.8, 4) is 0 Å². The van der Waals surface area contributed by atoms with Crippen molar-refractivity contribution < 1.29 is 23.9 Å². The second kappa shape index (κ2) is 21.5. The first-order chi connectivity index (χ1) is 22.6. The highest BCUT2D eigenvalue weighted by Gasteiger charge is 2.44. The zero-order valence-electron chi connectivity index (χ0n) is 35.3. The van der Waals surface area contributed by atoms with E-state index in [-0.39, 0.29) is 70.0 Å². The molecule has 0 aliphatic carbocycles. The molecule has 5 nitrogen and oxygen atoms in total. The van der Waals surface area contributed by atoms with E-state index in [4.69, 9.17) is 8.85 Å². The van der Waals surface area contributed by atoms with E-state index in [9.17, 15) is 15.0 Å². The Morgan fingerprint density at radius 1 is 0.780 bits per heavy atom. The summed E-state index contributed by atoms with van der Waals surface area (Å²) in [7, 11) is -4.24. The smallest absolute Gasteiger partial charge is 0.192 e. The Kier molecular flexibility index (Phi) is 21.3. The maximum absolute atomic E-state index is 13.0. The van der Waals surface area contributed by atoms with Crippen LogP contribution in [0.3, 0.4) is 0 Å². The molecule has 2 N–H and O–H groups in total. The minimum absolute atomic E-state index is 0.0153. The van der Waals surface area contributed by atoms with Gasteiger partial charge in [-0.05, 0) is 77.9 Å². The van der Waals surface area contributed by atoms with Crippen LogP contribution in [0, 0.1) is 35.5 Å². The van der Waals surface area contributed by atoms with Gasteiger partial charge in [0.05, 0.1) is 24.4 Å². The molecule has 10 atom stereocenters. The summed E-state index contributed by atoms with van der Waals surface area (Å²) in [5, 5.41) is 22.1. The fourth-order valence-electron chi connectivity index (χ4n) is 6.11. The van der Waals surface area contributed by atoms with Gasteiger partial charge < -0.3 is 19.1 Å². The van der Waals surface area contributed by atoms with Crippen LogP contribution in [-0.2, 0) is 13.6 Å². The molecular weight excluding hydrogens is 768 g/mol. The van der Waals surface area contributed by atoms with Crippen LogP contribution in [0.5, 0.6) is 0 Å². The van der Waals surface area contributed by atoms with Crippen molar-refractivity contribution in [2.45, 2.75) is 176 Å². The van der Waals surface area contributed by atoms with Crippen LogP contribution in [0.15, 0.2) is 46.6 Å². The number of hydrogen-bond donors (Lipinski definition) is 2. The molecule has 0 unspecified atom stereocenters. The monoisotopic (exact) mass is 846 g/mol. The van der Waals surface area contributed by atoms with E-state index in [0.29, 0.717) is 6.42 Å². The van der Waals surface area contributed by atoms with Crippen molar-refractivity contribution in [2.75, 3.05) is 0 Å². The quantitative estimate of drug-likeness (QED) is 0.0491. The number of ketones is 1. The second-order valence-electron chi connectivity index (χ2n) is 18.6. The molecule has 0 aliphatic heterocycles. The van der Waals surface area contributed by atoms with Crippen LogP contribution < -0.4 is 0 Å². The first kappa shape index (κ1) is 49.6. The minimum Gasteiger partial charge on any atom is -0.413 e. The Labute approximate surface area is 325 Å². The number of rotatable bonds is 22. The van der Waals surface area contributed by atoms with Gasteiger partial charge in [-0.1, -0.05) is 148 Å². The van der Waals surface area contributed by atoms with Crippen molar-refractivity contribution in [3.05, 3.63) is 46.6 Å². The Bertz CT molecular complexity index is 1120. The highest BCUT2D eigenvalue weighted by molar-refractivity contribution is 14.1. The van der Waals surface area contributed by atoms with Crippen molar-refractivity contribution in [3.63, 3.8) is 0 Å². The number of carbonyl (C=O) groups is 1. The normalized spacial score (nSPS) is 20.2. The molecule has 0 amide bonds. The predicted molar refractivity (Wildman–Crippen MR) is 231 cm³/mol. The lowest BCUT2D eigenvalue weighted by molar-refractivity contribution is -0.121. The molecule has 50 heavy (non-hydrogen) atoms. The lowest BCUT2D eigenvalue weighted by Crippen LogP contribution is -2.49. The molecule has 0 saturated heterocycles. The van der Waals surface area contributed by atoms with Crippen molar-refractivity contribution in [1.82, 2.24) is 0 Å². The van der Waals surface area contributed by atoms with Gasteiger partial charge in [-0.25, -0.2) is 0 Å². The molecule has 0 radical (unpaired) electrons. The average Bonchev–Trinajstić information content (AvgIpc) is 2.97. The number of aliphatic hydroxyl groups excluding tert-OH is 2. The van der Waals surface area contributed by atoms with E-state index in [1.165, 1.54) is 5.57 Å². The molecule has 0 bridgehead atoms. The van der Waals surface area contributed by atoms with Gasteiger partial charge in [0.2, 0.25) is 0 Å². The van der Waals surface area contributed by atoms with E-state index in [1.54, 1.807) is 6.08 Å².